The van der Waals surface area contributed by atoms with Crippen molar-refractivity contribution in [1.29, 1.82) is 0 Å². The Hall–Kier alpha value is -2.44. The summed E-state index contributed by atoms with van der Waals surface area (Å²) in [5.74, 6) is 2.47. The van der Waals surface area contributed by atoms with Crippen LogP contribution in [-0.2, 0) is 17.4 Å². The molecule has 3 rings (SSSR count). The van der Waals surface area contributed by atoms with Gasteiger partial charge < -0.3 is 9.53 Å². The molecule has 0 aliphatic heterocycles. The minimum absolute atomic E-state index is 0.738. The Morgan fingerprint density at radius 2 is 1.21 bits per heavy atom. The minimum Gasteiger partial charge on any atom is -0.457 e. The van der Waals surface area contributed by atoms with Crippen LogP contribution in [0.4, 0.5) is 0 Å². The smallest absolute Gasteiger partial charge is 0.127 e. The van der Waals surface area contributed by atoms with Crippen molar-refractivity contribution in [3.8, 4) is 22.6 Å². The van der Waals surface area contributed by atoms with E-state index >= 15 is 0 Å². The van der Waals surface area contributed by atoms with Gasteiger partial charge in [-0.05, 0) is 65.0 Å². The van der Waals surface area contributed by atoms with Gasteiger partial charge >= 0.3 is 0 Å². The molecule has 0 aromatic heterocycles. The van der Waals surface area contributed by atoms with E-state index in [1.165, 1.54) is 28.7 Å². The van der Waals surface area contributed by atoms with Crippen molar-refractivity contribution < 1.29 is 9.53 Å². The van der Waals surface area contributed by atoms with E-state index in [9.17, 15) is 0 Å². The number of carbonyl (C=O) groups is 1. The Kier molecular flexibility index (Phi) is 8.91. The summed E-state index contributed by atoms with van der Waals surface area (Å²) in [5.41, 5.74) is 5.16. The highest BCUT2D eigenvalue weighted by Crippen LogP contribution is 2.27. The van der Waals surface area contributed by atoms with E-state index in [-0.39, 0.29) is 0 Å². The van der Waals surface area contributed by atoms with Crippen LogP contribution in [0.3, 0.4) is 0 Å². The zero-order chi connectivity index (χ0) is 20.4. The third kappa shape index (κ3) is 6.32. The minimum atomic E-state index is 0.738. The van der Waals surface area contributed by atoms with Crippen LogP contribution in [0, 0.1) is 5.92 Å². The highest BCUT2D eigenvalue weighted by Gasteiger charge is 2.03. The highest BCUT2D eigenvalue weighted by atomic mass is 31.0. The first kappa shape index (κ1) is 21.9. The van der Waals surface area contributed by atoms with Crippen LogP contribution in [0.2, 0.25) is 0 Å². The van der Waals surface area contributed by atoms with E-state index in [1.807, 2.05) is 31.1 Å². The predicted octanol–water partition coefficient (Wildman–Crippen LogP) is 6.92. The van der Waals surface area contributed by atoms with Crippen molar-refractivity contribution in [2.75, 3.05) is 0 Å². The fraction of sp³-hybridized carbons (Fsp3) is 0.240. The molecule has 0 fully saturated rings. The lowest BCUT2D eigenvalue weighted by molar-refractivity contribution is -0.0979. The molecule has 0 saturated carbocycles. The maximum atomic E-state index is 8.00. The molecule has 3 aromatic carbocycles. The lowest BCUT2D eigenvalue weighted by Crippen LogP contribution is -1.97. The van der Waals surface area contributed by atoms with E-state index < -0.39 is 0 Å². The van der Waals surface area contributed by atoms with Crippen LogP contribution in [-0.4, -0.2) is 6.79 Å². The van der Waals surface area contributed by atoms with Gasteiger partial charge in [-0.2, -0.15) is 0 Å². The van der Waals surface area contributed by atoms with Crippen LogP contribution >= 0.6 is 9.24 Å². The second-order valence-electron chi connectivity index (χ2n) is 6.89. The summed E-state index contributed by atoms with van der Waals surface area (Å²) in [6.45, 7) is 6.56. The van der Waals surface area contributed by atoms with Crippen molar-refractivity contribution in [2.45, 2.75) is 32.9 Å². The third-order valence-electron chi connectivity index (χ3n) is 4.82. The summed E-state index contributed by atoms with van der Waals surface area (Å²) in [6, 6.07) is 25.5. The third-order valence-corrected chi connectivity index (χ3v) is 5.29. The van der Waals surface area contributed by atoms with Crippen molar-refractivity contribution in [3.63, 3.8) is 0 Å². The molecule has 2 atom stereocenters. The van der Waals surface area contributed by atoms with Crippen molar-refractivity contribution in [2.24, 2.45) is 5.92 Å². The van der Waals surface area contributed by atoms with Crippen molar-refractivity contribution in [1.82, 2.24) is 0 Å². The van der Waals surface area contributed by atoms with E-state index in [2.05, 4.69) is 71.6 Å². The molecule has 146 valence electrons. The van der Waals surface area contributed by atoms with Gasteiger partial charge in [0.2, 0.25) is 0 Å². The normalized spacial score (nSPS) is 11.2. The Bertz CT molecular complexity index is 824. The van der Waals surface area contributed by atoms with Crippen LogP contribution in [0.5, 0.6) is 11.5 Å². The molecule has 0 aliphatic carbocycles. The van der Waals surface area contributed by atoms with Crippen LogP contribution in [0.15, 0.2) is 72.8 Å². The van der Waals surface area contributed by atoms with Gasteiger partial charge in [-0.15, -0.1) is 9.24 Å². The summed E-state index contributed by atoms with van der Waals surface area (Å²) in [5, 5.41) is 0. The van der Waals surface area contributed by atoms with Crippen LogP contribution in [0.1, 0.15) is 31.4 Å². The number of carbonyl (C=O) groups excluding carboxylic acids is 1. The first-order chi connectivity index (χ1) is 13.7. The maximum absolute atomic E-state index is 8.00. The molecular formula is C25H29O2P. The Morgan fingerprint density at radius 1 is 0.786 bits per heavy atom. The van der Waals surface area contributed by atoms with Gasteiger partial charge in [-0.3, -0.25) is 0 Å². The molecule has 0 spiro atoms. The fourth-order valence-corrected chi connectivity index (χ4v) is 3.20. The highest BCUT2D eigenvalue weighted by molar-refractivity contribution is 7.15. The number of rotatable bonds is 7. The Balaban J connectivity index is 0.00000136. The zero-order valence-electron chi connectivity index (χ0n) is 16.7. The first-order valence-corrected chi connectivity index (χ1v) is 10.4. The second-order valence-corrected chi connectivity index (χ2v) is 7.30. The Morgan fingerprint density at radius 3 is 1.68 bits per heavy atom. The topological polar surface area (TPSA) is 26.3 Å². The molecule has 2 unspecified atom stereocenters. The molecule has 0 saturated heterocycles. The Labute approximate surface area is 171 Å². The van der Waals surface area contributed by atoms with Crippen LogP contribution < -0.4 is 4.74 Å². The average molecular weight is 392 g/mol. The number of hydrogen-bond acceptors (Lipinski definition) is 2. The quantitative estimate of drug-likeness (QED) is 0.408. The fourth-order valence-electron chi connectivity index (χ4n) is 2.93. The standard InChI is InChI=1S/C24H27OP.CH2O/c1-3-18(2)16-19-4-8-21(9-5-19)22-10-14-24(15-11-22)25-23-12-6-20(17-26)7-13-23;1-2/h4-15,18H,3,16-17,26H2,1-2H3;1H2. The number of hydrogen-bond donors (Lipinski definition) is 0. The molecule has 3 heteroatoms. The molecule has 0 bridgehead atoms. The molecule has 0 heterocycles. The lowest BCUT2D eigenvalue weighted by atomic mass is 9.97. The van der Waals surface area contributed by atoms with Gasteiger partial charge in [-0.1, -0.05) is 68.8 Å². The summed E-state index contributed by atoms with van der Waals surface area (Å²) in [7, 11) is 2.74. The molecular weight excluding hydrogens is 363 g/mol. The molecule has 0 amide bonds. The SMILES string of the molecule is C=O.CCC(C)Cc1ccc(-c2ccc(Oc3ccc(CP)cc3)cc2)cc1. The molecule has 2 nitrogen and oxygen atoms in total. The van der Waals surface area contributed by atoms with Gasteiger partial charge in [0.15, 0.2) is 0 Å². The van der Waals surface area contributed by atoms with E-state index in [0.29, 0.717) is 0 Å². The first-order valence-electron chi connectivity index (χ1n) is 9.63. The molecule has 0 N–H and O–H groups in total. The predicted molar refractivity (Wildman–Crippen MR) is 122 cm³/mol. The maximum Gasteiger partial charge on any atom is 0.127 e. The summed E-state index contributed by atoms with van der Waals surface area (Å²) in [4.78, 5) is 8.00. The van der Waals surface area contributed by atoms with E-state index in [4.69, 9.17) is 9.53 Å². The summed E-state index contributed by atoms with van der Waals surface area (Å²) < 4.78 is 5.94. The summed E-state index contributed by atoms with van der Waals surface area (Å²) in [6.07, 6.45) is 3.34. The van der Waals surface area contributed by atoms with Gasteiger partial charge in [0, 0.05) is 0 Å². The largest absolute Gasteiger partial charge is 0.457 e. The lowest BCUT2D eigenvalue weighted by Gasteiger charge is -2.10. The van der Waals surface area contributed by atoms with Crippen molar-refractivity contribution in [3.05, 3.63) is 83.9 Å². The monoisotopic (exact) mass is 392 g/mol. The number of benzene rings is 3. The van der Waals surface area contributed by atoms with Gasteiger partial charge in [0.25, 0.3) is 0 Å². The van der Waals surface area contributed by atoms with Crippen molar-refractivity contribution >= 4 is 16.0 Å². The van der Waals surface area contributed by atoms with Crippen LogP contribution in [0.25, 0.3) is 11.1 Å². The van der Waals surface area contributed by atoms with Gasteiger partial charge in [0.05, 0.1) is 0 Å². The zero-order valence-corrected chi connectivity index (χ0v) is 17.9. The molecule has 0 radical (unpaired) electrons. The van der Waals surface area contributed by atoms with Gasteiger partial charge in [0.1, 0.15) is 18.3 Å². The average Bonchev–Trinajstić information content (AvgIpc) is 2.77. The van der Waals surface area contributed by atoms with E-state index in [1.54, 1.807) is 0 Å². The molecule has 0 aliphatic rings. The van der Waals surface area contributed by atoms with E-state index in [0.717, 1.165) is 30.0 Å². The molecule has 3 aromatic rings. The molecule has 28 heavy (non-hydrogen) atoms. The number of ether oxygens (including phenoxy) is 1. The summed E-state index contributed by atoms with van der Waals surface area (Å²) >= 11 is 0. The van der Waals surface area contributed by atoms with Gasteiger partial charge in [-0.25, -0.2) is 0 Å². The second kappa shape index (κ2) is 11.4.